The average molecular weight is 580 g/mol. The van der Waals surface area contributed by atoms with Crippen LogP contribution in [0.2, 0.25) is 5.02 Å². The van der Waals surface area contributed by atoms with Gasteiger partial charge in [-0.05, 0) is 79.6 Å². The number of thioether (sulfide) groups is 1. The van der Waals surface area contributed by atoms with E-state index in [9.17, 15) is 19.2 Å². The van der Waals surface area contributed by atoms with Crippen LogP contribution < -0.4 is 5.32 Å². The van der Waals surface area contributed by atoms with E-state index in [1.54, 1.807) is 48.2 Å². The third kappa shape index (κ3) is 7.49. The molecule has 1 atom stereocenters. The average Bonchev–Trinajstić information content (AvgIpc) is 2.94. The smallest absolute Gasteiger partial charge is 0.338 e. The number of nitrogens with zero attached hydrogens (tertiary/aromatic N) is 2. The minimum absolute atomic E-state index is 0.0366. The number of aliphatic imine (C=N–C) groups is 1. The van der Waals surface area contributed by atoms with Gasteiger partial charge in [0.25, 0.3) is 0 Å². The quantitative estimate of drug-likeness (QED) is 0.324. The molecule has 0 bridgehead atoms. The van der Waals surface area contributed by atoms with Gasteiger partial charge in [0.15, 0.2) is 5.17 Å². The summed E-state index contributed by atoms with van der Waals surface area (Å²) in [6, 6.07) is 19.6. The van der Waals surface area contributed by atoms with Crippen molar-refractivity contribution in [2.75, 3.05) is 18.5 Å². The number of carboxylic acid groups (broad SMARTS) is 1. The highest BCUT2D eigenvalue weighted by atomic mass is 35.5. The number of amides is 2. The molecular weight excluding hydrogens is 554 g/mol. The Morgan fingerprint density at radius 2 is 1.68 bits per heavy atom. The minimum Gasteiger partial charge on any atom is -0.478 e. The Morgan fingerprint density at radius 1 is 1.02 bits per heavy atom. The van der Waals surface area contributed by atoms with Crippen LogP contribution in [-0.2, 0) is 20.7 Å². The number of carbonyl (C=O) groups is 4. The van der Waals surface area contributed by atoms with Gasteiger partial charge in [0.05, 0.1) is 23.4 Å². The number of halogens is 1. The molecule has 40 heavy (non-hydrogen) atoms. The van der Waals surface area contributed by atoms with Crippen LogP contribution in [-0.4, -0.2) is 57.3 Å². The number of carboxylic acids is 1. The van der Waals surface area contributed by atoms with Crippen molar-refractivity contribution in [2.24, 2.45) is 4.99 Å². The number of hydrogen-bond acceptors (Lipinski definition) is 7. The van der Waals surface area contributed by atoms with Crippen molar-refractivity contribution in [3.8, 4) is 0 Å². The SMILES string of the molecule is CCOC(=O)c1ccc(N=C2SC(C(=O)Nc3ccc(C(=O)O)cc3)CC(=O)N2CCc2ccc(Cl)cc2)cc1. The number of aromatic carboxylic acids is 1. The monoisotopic (exact) mass is 579 g/mol. The highest BCUT2D eigenvalue weighted by Crippen LogP contribution is 2.30. The van der Waals surface area contributed by atoms with Gasteiger partial charge in [-0.1, -0.05) is 35.5 Å². The maximum atomic E-state index is 13.3. The van der Waals surface area contributed by atoms with Crippen LogP contribution in [0.1, 0.15) is 39.6 Å². The van der Waals surface area contributed by atoms with E-state index < -0.39 is 23.1 Å². The number of carbonyl (C=O) groups excluding carboxylic acids is 3. The topological polar surface area (TPSA) is 125 Å². The van der Waals surface area contributed by atoms with E-state index in [0.29, 0.717) is 40.1 Å². The van der Waals surface area contributed by atoms with E-state index in [1.165, 1.54) is 36.0 Å². The summed E-state index contributed by atoms with van der Waals surface area (Å²) in [6.07, 6.45) is 0.516. The van der Waals surface area contributed by atoms with Crippen LogP contribution in [0.25, 0.3) is 0 Å². The molecule has 1 saturated heterocycles. The third-order valence-corrected chi connectivity index (χ3v) is 7.41. The zero-order chi connectivity index (χ0) is 28.6. The lowest BCUT2D eigenvalue weighted by Crippen LogP contribution is -2.46. The number of rotatable bonds is 9. The molecule has 0 radical (unpaired) electrons. The van der Waals surface area contributed by atoms with E-state index in [-0.39, 0.29) is 24.5 Å². The second-order valence-electron chi connectivity index (χ2n) is 8.77. The second-order valence-corrected chi connectivity index (χ2v) is 10.4. The van der Waals surface area contributed by atoms with Crippen LogP contribution in [0.5, 0.6) is 0 Å². The van der Waals surface area contributed by atoms with Crippen LogP contribution in [0.3, 0.4) is 0 Å². The molecule has 1 heterocycles. The van der Waals surface area contributed by atoms with Gasteiger partial charge in [0.2, 0.25) is 11.8 Å². The Bertz CT molecular complexity index is 1430. The number of anilines is 1. The molecule has 4 rings (SSSR count). The van der Waals surface area contributed by atoms with Crippen molar-refractivity contribution in [1.29, 1.82) is 0 Å². The van der Waals surface area contributed by atoms with Gasteiger partial charge in [0.1, 0.15) is 5.25 Å². The van der Waals surface area contributed by atoms with Gasteiger partial charge in [-0.2, -0.15) is 0 Å². The lowest BCUT2D eigenvalue weighted by molar-refractivity contribution is -0.129. The van der Waals surface area contributed by atoms with Gasteiger partial charge >= 0.3 is 11.9 Å². The molecular formula is C29H26ClN3O6S. The summed E-state index contributed by atoms with van der Waals surface area (Å²) in [5.74, 6) is -2.16. The largest absolute Gasteiger partial charge is 0.478 e. The molecule has 0 saturated carbocycles. The van der Waals surface area contributed by atoms with Crippen molar-refractivity contribution < 1.29 is 29.0 Å². The fourth-order valence-corrected chi connectivity index (χ4v) is 5.12. The maximum Gasteiger partial charge on any atom is 0.338 e. The van der Waals surface area contributed by atoms with E-state index in [2.05, 4.69) is 10.3 Å². The summed E-state index contributed by atoms with van der Waals surface area (Å²) in [5, 5.41) is 12.1. The standard InChI is InChI=1S/C29H26ClN3O6S/c1-2-39-28(38)20-7-13-23(14-8-20)32-29-33(16-15-18-3-9-21(30)10-4-18)25(34)17-24(40-29)26(35)31-22-11-5-19(6-12-22)27(36)37/h3-14,24H,2,15-17H2,1H3,(H,31,35)(H,36,37). The third-order valence-electron chi connectivity index (χ3n) is 5.97. The first-order chi connectivity index (χ1) is 19.2. The van der Waals surface area contributed by atoms with Crippen molar-refractivity contribution in [2.45, 2.75) is 25.0 Å². The first kappa shape index (κ1) is 28.8. The van der Waals surface area contributed by atoms with Gasteiger partial charge in [-0.15, -0.1) is 0 Å². The zero-order valence-electron chi connectivity index (χ0n) is 21.5. The van der Waals surface area contributed by atoms with Crippen LogP contribution >= 0.6 is 23.4 Å². The molecule has 11 heteroatoms. The molecule has 206 valence electrons. The normalized spacial score (nSPS) is 16.1. The predicted molar refractivity (Wildman–Crippen MR) is 154 cm³/mol. The summed E-state index contributed by atoms with van der Waals surface area (Å²) < 4.78 is 5.02. The summed E-state index contributed by atoms with van der Waals surface area (Å²) in [4.78, 5) is 55.7. The first-order valence-corrected chi connectivity index (χ1v) is 13.7. The molecule has 1 aliphatic heterocycles. The Balaban J connectivity index is 1.55. The lowest BCUT2D eigenvalue weighted by Gasteiger charge is -2.32. The fourth-order valence-electron chi connectivity index (χ4n) is 3.87. The summed E-state index contributed by atoms with van der Waals surface area (Å²) in [6.45, 7) is 2.33. The van der Waals surface area contributed by atoms with E-state index in [1.807, 2.05) is 12.1 Å². The van der Waals surface area contributed by atoms with Gasteiger partial charge < -0.3 is 15.2 Å². The first-order valence-electron chi connectivity index (χ1n) is 12.4. The van der Waals surface area contributed by atoms with Gasteiger partial charge in [-0.3, -0.25) is 14.5 Å². The molecule has 3 aromatic rings. The van der Waals surface area contributed by atoms with E-state index >= 15 is 0 Å². The fraction of sp³-hybridized carbons (Fsp3) is 0.207. The summed E-state index contributed by atoms with van der Waals surface area (Å²) >= 11 is 7.16. The number of amidine groups is 1. The zero-order valence-corrected chi connectivity index (χ0v) is 23.1. The Morgan fingerprint density at radius 3 is 2.30 bits per heavy atom. The lowest BCUT2D eigenvalue weighted by atomic mass is 10.1. The second kappa shape index (κ2) is 13.3. The summed E-state index contributed by atoms with van der Waals surface area (Å²) in [5.41, 5.74) is 2.39. The van der Waals surface area contributed by atoms with Crippen molar-refractivity contribution in [3.63, 3.8) is 0 Å². The molecule has 9 nitrogen and oxygen atoms in total. The van der Waals surface area contributed by atoms with E-state index in [4.69, 9.17) is 21.4 Å². The molecule has 0 aliphatic carbocycles. The molecule has 2 amide bonds. The highest BCUT2D eigenvalue weighted by molar-refractivity contribution is 8.15. The minimum atomic E-state index is -1.07. The molecule has 3 aromatic carbocycles. The Kier molecular flexibility index (Phi) is 9.57. The van der Waals surface area contributed by atoms with Crippen LogP contribution in [0.15, 0.2) is 77.8 Å². The van der Waals surface area contributed by atoms with E-state index in [0.717, 1.165) is 5.56 Å². The number of esters is 1. The highest BCUT2D eigenvalue weighted by Gasteiger charge is 2.35. The molecule has 1 fully saturated rings. The predicted octanol–water partition coefficient (Wildman–Crippen LogP) is 5.42. The number of hydrogen-bond donors (Lipinski definition) is 2. The molecule has 2 N–H and O–H groups in total. The number of nitrogens with one attached hydrogen (secondary N) is 1. The Labute approximate surface area is 240 Å². The van der Waals surface area contributed by atoms with Crippen molar-refractivity contribution in [1.82, 2.24) is 4.90 Å². The van der Waals surface area contributed by atoms with Crippen molar-refractivity contribution in [3.05, 3.63) is 94.5 Å². The molecule has 1 unspecified atom stereocenters. The Hall–Kier alpha value is -4.15. The van der Waals surface area contributed by atoms with Gasteiger partial charge in [0, 0.05) is 23.7 Å². The molecule has 0 spiro atoms. The number of benzene rings is 3. The van der Waals surface area contributed by atoms with Crippen LogP contribution in [0.4, 0.5) is 11.4 Å². The number of ether oxygens (including phenoxy) is 1. The van der Waals surface area contributed by atoms with Crippen molar-refractivity contribution >= 4 is 63.7 Å². The maximum absolute atomic E-state index is 13.3. The molecule has 1 aliphatic rings. The van der Waals surface area contributed by atoms with Crippen LogP contribution in [0, 0.1) is 0 Å². The van der Waals surface area contributed by atoms with Gasteiger partial charge in [-0.25, -0.2) is 14.6 Å². The molecule has 0 aromatic heterocycles. The summed E-state index contributed by atoms with van der Waals surface area (Å²) in [7, 11) is 0.